The van der Waals surface area contributed by atoms with Gasteiger partial charge in [0.15, 0.2) is 0 Å². The number of furan rings is 1. The van der Waals surface area contributed by atoms with Crippen molar-refractivity contribution < 1.29 is 9.21 Å². The number of nitrogens with one attached hydrogen (secondary N) is 1. The minimum Gasteiger partial charge on any atom is -0.464 e. The molecule has 1 heterocycles. The molecule has 0 atom stereocenters. The molecule has 2 rings (SSSR count). The highest BCUT2D eigenvalue weighted by molar-refractivity contribution is 5.87. The second kappa shape index (κ2) is 5.91. The van der Waals surface area contributed by atoms with Crippen LogP contribution in [0.5, 0.6) is 0 Å². The van der Waals surface area contributed by atoms with Gasteiger partial charge < -0.3 is 9.73 Å². The Labute approximate surface area is 114 Å². The number of carbonyl (C=O) groups is 1. The van der Waals surface area contributed by atoms with Gasteiger partial charge in [-0.25, -0.2) is 0 Å². The molecule has 0 fully saturated rings. The van der Waals surface area contributed by atoms with Crippen molar-refractivity contribution in [3.8, 4) is 0 Å². The van der Waals surface area contributed by atoms with E-state index in [0.29, 0.717) is 12.3 Å². The third kappa shape index (κ3) is 3.60. The maximum absolute atomic E-state index is 11.8. The van der Waals surface area contributed by atoms with Gasteiger partial charge in [-0.15, -0.1) is 0 Å². The summed E-state index contributed by atoms with van der Waals surface area (Å²) in [6, 6.07) is 6.05. The maximum Gasteiger partial charge on any atom is 0.224 e. The van der Waals surface area contributed by atoms with E-state index in [0.717, 1.165) is 35.1 Å². The molecule has 0 spiro atoms. The van der Waals surface area contributed by atoms with Gasteiger partial charge in [0.1, 0.15) is 5.58 Å². The fourth-order valence-corrected chi connectivity index (χ4v) is 2.06. The van der Waals surface area contributed by atoms with Gasteiger partial charge >= 0.3 is 0 Å². The van der Waals surface area contributed by atoms with Crippen LogP contribution >= 0.6 is 0 Å². The Balaban J connectivity index is 1.99. The Bertz CT molecular complexity index is 569. The van der Waals surface area contributed by atoms with Crippen molar-refractivity contribution in [3.05, 3.63) is 35.6 Å². The molecule has 1 aromatic carbocycles. The van der Waals surface area contributed by atoms with Crippen LogP contribution in [0.2, 0.25) is 0 Å². The number of benzene rings is 1. The first-order chi connectivity index (χ1) is 9.06. The highest BCUT2D eigenvalue weighted by atomic mass is 16.3. The minimum atomic E-state index is 0.0592. The summed E-state index contributed by atoms with van der Waals surface area (Å²) >= 11 is 0. The first-order valence-electron chi connectivity index (χ1n) is 6.79. The van der Waals surface area contributed by atoms with E-state index in [1.165, 1.54) is 0 Å². The first kappa shape index (κ1) is 13.7. The third-order valence-electron chi connectivity index (χ3n) is 3.21. The summed E-state index contributed by atoms with van der Waals surface area (Å²) in [6.07, 6.45) is 3.08. The lowest BCUT2D eigenvalue weighted by atomic mass is 10.1. The van der Waals surface area contributed by atoms with E-state index in [2.05, 4.69) is 19.2 Å². The number of amides is 1. The summed E-state index contributed by atoms with van der Waals surface area (Å²) in [7, 11) is 0. The van der Waals surface area contributed by atoms with E-state index < -0.39 is 0 Å². The fraction of sp³-hybridized carbons (Fsp3) is 0.438. The quantitative estimate of drug-likeness (QED) is 0.893. The first-order valence-corrected chi connectivity index (χ1v) is 6.79. The zero-order valence-electron chi connectivity index (χ0n) is 11.8. The molecule has 0 aliphatic rings. The van der Waals surface area contributed by atoms with Crippen LogP contribution in [0.1, 0.15) is 31.4 Å². The van der Waals surface area contributed by atoms with Crippen LogP contribution in [0.25, 0.3) is 11.0 Å². The lowest BCUT2D eigenvalue weighted by molar-refractivity contribution is -0.120. The number of fused-ring (bicyclic) bond motifs is 1. The van der Waals surface area contributed by atoms with Crippen LogP contribution in [-0.2, 0) is 11.2 Å². The Morgan fingerprint density at radius 1 is 1.37 bits per heavy atom. The topological polar surface area (TPSA) is 42.2 Å². The molecule has 0 radical (unpaired) electrons. The SMILES string of the molecule is Cc1ccc2c(CC(=O)NCCC(C)C)coc2c1. The number of aryl methyl sites for hydroxylation is 1. The van der Waals surface area contributed by atoms with Gasteiger partial charge in [0.05, 0.1) is 12.7 Å². The van der Waals surface area contributed by atoms with Crippen molar-refractivity contribution in [3.63, 3.8) is 0 Å². The number of carbonyl (C=O) groups excluding carboxylic acids is 1. The van der Waals surface area contributed by atoms with Crippen molar-refractivity contribution in [2.45, 2.75) is 33.6 Å². The van der Waals surface area contributed by atoms with Gasteiger partial charge in [-0.3, -0.25) is 4.79 Å². The second-order valence-corrected chi connectivity index (χ2v) is 5.47. The molecule has 0 aliphatic heterocycles. The summed E-state index contributed by atoms with van der Waals surface area (Å²) in [5, 5.41) is 3.98. The highest BCUT2D eigenvalue weighted by Gasteiger charge is 2.10. The van der Waals surface area contributed by atoms with Crippen molar-refractivity contribution in [2.24, 2.45) is 5.92 Å². The van der Waals surface area contributed by atoms with Gasteiger partial charge in [-0.05, 0) is 30.9 Å². The van der Waals surface area contributed by atoms with E-state index in [1.54, 1.807) is 6.26 Å². The van der Waals surface area contributed by atoms with E-state index in [4.69, 9.17) is 4.42 Å². The zero-order chi connectivity index (χ0) is 13.8. The molecule has 0 saturated heterocycles. The third-order valence-corrected chi connectivity index (χ3v) is 3.21. The molecule has 3 heteroatoms. The van der Waals surface area contributed by atoms with Crippen LogP contribution in [0.3, 0.4) is 0 Å². The van der Waals surface area contributed by atoms with Gasteiger partial charge in [0.2, 0.25) is 5.91 Å². The van der Waals surface area contributed by atoms with Gasteiger partial charge in [-0.1, -0.05) is 26.0 Å². The smallest absolute Gasteiger partial charge is 0.224 e. The predicted molar refractivity (Wildman–Crippen MR) is 77.1 cm³/mol. The van der Waals surface area contributed by atoms with Crippen molar-refractivity contribution in [1.29, 1.82) is 0 Å². The molecule has 0 aliphatic carbocycles. The summed E-state index contributed by atoms with van der Waals surface area (Å²) in [6.45, 7) is 7.07. The zero-order valence-corrected chi connectivity index (χ0v) is 11.8. The molecular formula is C16H21NO2. The van der Waals surface area contributed by atoms with E-state index in [9.17, 15) is 4.79 Å². The van der Waals surface area contributed by atoms with Crippen LogP contribution in [0.15, 0.2) is 28.9 Å². The molecule has 0 saturated carbocycles. The van der Waals surface area contributed by atoms with E-state index >= 15 is 0 Å². The Morgan fingerprint density at radius 2 is 2.16 bits per heavy atom. The molecule has 1 N–H and O–H groups in total. The van der Waals surface area contributed by atoms with Crippen LogP contribution in [0, 0.1) is 12.8 Å². The summed E-state index contributed by atoms with van der Waals surface area (Å²) in [5.41, 5.74) is 2.97. The molecule has 19 heavy (non-hydrogen) atoms. The van der Waals surface area contributed by atoms with E-state index in [1.807, 2.05) is 25.1 Å². The Kier molecular flexibility index (Phi) is 4.25. The Morgan fingerprint density at radius 3 is 2.89 bits per heavy atom. The molecule has 1 amide bonds. The molecule has 0 unspecified atom stereocenters. The normalized spacial score (nSPS) is 11.2. The number of hydrogen-bond donors (Lipinski definition) is 1. The number of hydrogen-bond acceptors (Lipinski definition) is 2. The summed E-state index contributed by atoms with van der Waals surface area (Å²) in [4.78, 5) is 11.8. The van der Waals surface area contributed by atoms with Gasteiger partial charge in [-0.2, -0.15) is 0 Å². The largest absolute Gasteiger partial charge is 0.464 e. The standard InChI is InChI=1S/C16H21NO2/c1-11(2)6-7-17-16(18)9-13-10-19-15-8-12(3)4-5-14(13)15/h4-5,8,10-11H,6-7,9H2,1-3H3,(H,17,18). The lowest BCUT2D eigenvalue weighted by Crippen LogP contribution is -2.26. The highest BCUT2D eigenvalue weighted by Crippen LogP contribution is 2.22. The molecule has 102 valence electrons. The van der Waals surface area contributed by atoms with E-state index in [-0.39, 0.29) is 5.91 Å². The lowest BCUT2D eigenvalue weighted by Gasteiger charge is -2.06. The monoisotopic (exact) mass is 259 g/mol. The molecule has 1 aromatic heterocycles. The van der Waals surface area contributed by atoms with Crippen LogP contribution < -0.4 is 5.32 Å². The van der Waals surface area contributed by atoms with Crippen molar-refractivity contribution in [1.82, 2.24) is 5.32 Å². The summed E-state index contributed by atoms with van der Waals surface area (Å²) < 4.78 is 5.49. The average Bonchev–Trinajstić information content (AvgIpc) is 2.71. The maximum atomic E-state index is 11.8. The van der Waals surface area contributed by atoms with Crippen LogP contribution in [-0.4, -0.2) is 12.5 Å². The summed E-state index contributed by atoms with van der Waals surface area (Å²) in [5.74, 6) is 0.668. The molecule has 2 aromatic rings. The molecule has 3 nitrogen and oxygen atoms in total. The minimum absolute atomic E-state index is 0.0592. The van der Waals surface area contributed by atoms with Crippen molar-refractivity contribution in [2.75, 3.05) is 6.54 Å². The average molecular weight is 259 g/mol. The van der Waals surface area contributed by atoms with Gasteiger partial charge in [0, 0.05) is 17.5 Å². The van der Waals surface area contributed by atoms with Crippen LogP contribution in [0.4, 0.5) is 0 Å². The molecular weight excluding hydrogens is 238 g/mol. The van der Waals surface area contributed by atoms with Gasteiger partial charge in [0.25, 0.3) is 0 Å². The second-order valence-electron chi connectivity index (χ2n) is 5.47. The Hall–Kier alpha value is -1.77. The molecule has 0 bridgehead atoms. The fourth-order valence-electron chi connectivity index (χ4n) is 2.06. The van der Waals surface area contributed by atoms with Crippen molar-refractivity contribution >= 4 is 16.9 Å². The number of rotatable bonds is 5. The predicted octanol–water partition coefficient (Wildman–Crippen LogP) is 3.45.